The Morgan fingerprint density at radius 2 is 2.15 bits per heavy atom. The molecule has 0 fully saturated rings. The van der Waals surface area contributed by atoms with Gasteiger partial charge in [0, 0.05) is 19.6 Å². The maximum Gasteiger partial charge on any atom is 0.246 e. The highest BCUT2D eigenvalue weighted by molar-refractivity contribution is 7.89. The Hall–Kier alpha value is -1.24. The second-order valence-corrected chi connectivity index (χ2v) is 6.57. The standard InChI is InChI=1S/C14H19FN2O2S/c1-2-16-11-12-6-7-13(15)14(10-12)20(18,19)17-8-4-3-5-9-17/h3-4,6-7,10,16H,2,5,8-9,11H2,1H3. The minimum atomic E-state index is -3.76. The van der Waals surface area contributed by atoms with Crippen LogP contribution in [0.25, 0.3) is 0 Å². The van der Waals surface area contributed by atoms with E-state index in [0.717, 1.165) is 12.1 Å². The maximum absolute atomic E-state index is 13.9. The van der Waals surface area contributed by atoms with Crippen LogP contribution in [0.1, 0.15) is 18.9 Å². The summed E-state index contributed by atoms with van der Waals surface area (Å²) in [5.41, 5.74) is 0.763. The van der Waals surface area contributed by atoms with E-state index < -0.39 is 15.8 Å². The highest BCUT2D eigenvalue weighted by Gasteiger charge is 2.27. The van der Waals surface area contributed by atoms with E-state index in [1.165, 1.54) is 16.4 Å². The monoisotopic (exact) mass is 298 g/mol. The second-order valence-electron chi connectivity index (χ2n) is 4.67. The highest BCUT2D eigenvalue weighted by Crippen LogP contribution is 2.22. The van der Waals surface area contributed by atoms with Crippen molar-refractivity contribution in [2.45, 2.75) is 24.8 Å². The van der Waals surface area contributed by atoms with Crippen LogP contribution in [0.5, 0.6) is 0 Å². The highest BCUT2D eigenvalue weighted by atomic mass is 32.2. The normalized spacial score (nSPS) is 16.5. The van der Waals surface area contributed by atoms with Crippen LogP contribution in [-0.4, -0.2) is 32.4 Å². The van der Waals surface area contributed by atoms with Crippen LogP contribution in [0, 0.1) is 5.82 Å². The molecule has 0 aromatic heterocycles. The Kier molecular flexibility index (Phi) is 4.91. The third kappa shape index (κ3) is 3.26. The van der Waals surface area contributed by atoms with Gasteiger partial charge in [-0.25, -0.2) is 12.8 Å². The van der Waals surface area contributed by atoms with E-state index in [1.807, 2.05) is 13.0 Å². The molecule has 1 N–H and O–H groups in total. The summed E-state index contributed by atoms with van der Waals surface area (Å²) in [4.78, 5) is -0.233. The van der Waals surface area contributed by atoms with E-state index in [2.05, 4.69) is 5.32 Å². The van der Waals surface area contributed by atoms with Crippen LogP contribution in [0.2, 0.25) is 0 Å². The lowest BCUT2D eigenvalue weighted by Crippen LogP contribution is -2.34. The fraction of sp³-hybridized carbons (Fsp3) is 0.429. The third-order valence-electron chi connectivity index (χ3n) is 3.21. The van der Waals surface area contributed by atoms with Crippen LogP contribution >= 0.6 is 0 Å². The van der Waals surface area contributed by atoms with Crippen LogP contribution < -0.4 is 5.32 Å². The van der Waals surface area contributed by atoms with Gasteiger partial charge in [-0.3, -0.25) is 0 Å². The Morgan fingerprint density at radius 1 is 1.35 bits per heavy atom. The van der Waals surface area contributed by atoms with Gasteiger partial charge in [-0.15, -0.1) is 0 Å². The molecule has 2 rings (SSSR count). The van der Waals surface area contributed by atoms with E-state index in [-0.39, 0.29) is 4.90 Å². The molecule has 20 heavy (non-hydrogen) atoms. The van der Waals surface area contributed by atoms with Crippen LogP contribution in [-0.2, 0) is 16.6 Å². The van der Waals surface area contributed by atoms with Crippen molar-refractivity contribution in [2.24, 2.45) is 0 Å². The van der Waals surface area contributed by atoms with Crippen molar-refractivity contribution in [1.29, 1.82) is 0 Å². The van der Waals surface area contributed by atoms with E-state index in [4.69, 9.17) is 0 Å². The van der Waals surface area contributed by atoms with Crippen molar-refractivity contribution in [3.63, 3.8) is 0 Å². The maximum atomic E-state index is 13.9. The van der Waals surface area contributed by atoms with Crippen LogP contribution in [0.3, 0.4) is 0 Å². The van der Waals surface area contributed by atoms with Crippen molar-refractivity contribution in [2.75, 3.05) is 19.6 Å². The van der Waals surface area contributed by atoms with Gasteiger partial charge in [-0.05, 0) is 30.7 Å². The number of nitrogens with one attached hydrogen (secondary N) is 1. The molecule has 0 saturated carbocycles. The first-order valence-electron chi connectivity index (χ1n) is 6.70. The second kappa shape index (κ2) is 6.47. The largest absolute Gasteiger partial charge is 0.313 e. The fourth-order valence-corrected chi connectivity index (χ4v) is 3.62. The molecule has 110 valence electrons. The van der Waals surface area contributed by atoms with Gasteiger partial charge in [0.15, 0.2) is 0 Å². The predicted octanol–water partition coefficient (Wildman–Crippen LogP) is 1.89. The number of rotatable bonds is 5. The van der Waals surface area contributed by atoms with E-state index >= 15 is 0 Å². The number of benzene rings is 1. The fourth-order valence-electron chi connectivity index (χ4n) is 2.10. The SMILES string of the molecule is CCNCc1ccc(F)c(S(=O)(=O)N2CC=CCC2)c1. The molecule has 0 radical (unpaired) electrons. The zero-order chi connectivity index (χ0) is 14.6. The molecular weight excluding hydrogens is 279 g/mol. The molecule has 0 unspecified atom stereocenters. The first-order valence-corrected chi connectivity index (χ1v) is 8.14. The molecule has 1 aliphatic rings. The van der Waals surface area contributed by atoms with E-state index in [1.54, 1.807) is 12.1 Å². The molecular formula is C14H19FN2O2S. The van der Waals surface area contributed by atoms with Gasteiger partial charge in [0.05, 0.1) is 0 Å². The predicted molar refractivity (Wildman–Crippen MR) is 76.3 cm³/mol. The van der Waals surface area contributed by atoms with E-state index in [0.29, 0.717) is 26.1 Å². The third-order valence-corrected chi connectivity index (χ3v) is 5.09. The Balaban J connectivity index is 2.32. The number of sulfonamides is 1. The van der Waals surface area contributed by atoms with Gasteiger partial charge < -0.3 is 5.32 Å². The lowest BCUT2D eigenvalue weighted by atomic mass is 10.2. The number of nitrogens with zero attached hydrogens (tertiary/aromatic N) is 1. The molecule has 1 aliphatic heterocycles. The van der Waals surface area contributed by atoms with E-state index in [9.17, 15) is 12.8 Å². The Morgan fingerprint density at radius 3 is 2.80 bits per heavy atom. The average Bonchev–Trinajstić information content (AvgIpc) is 2.47. The van der Waals surface area contributed by atoms with Crippen molar-refractivity contribution in [3.05, 3.63) is 41.7 Å². The summed E-state index contributed by atoms with van der Waals surface area (Å²) in [7, 11) is -3.76. The van der Waals surface area contributed by atoms with Gasteiger partial charge in [0.1, 0.15) is 10.7 Å². The Labute approximate surface area is 119 Å². The molecule has 1 heterocycles. The van der Waals surface area contributed by atoms with Gasteiger partial charge in [-0.1, -0.05) is 25.1 Å². The summed E-state index contributed by atoms with van der Waals surface area (Å²) >= 11 is 0. The quantitative estimate of drug-likeness (QED) is 0.845. The zero-order valence-electron chi connectivity index (χ0n) is 11.5. The van der Waals surface area contributed by atoms with Crippen molar-refractivity contribution >= 4 is 10.0 Å². The topological polar surface area (TPSA) is 49.4 Å². The summed E-state index contributed by atoms with van der Waals surface area (Å²) in [5, 5.41) is 3.10. The average molecular weight is 298 g/mol. The summed E-state index contributed by atoms with van der Waals surface area (Å²) in [5.74, 6) is -0.695. The molecule has 1 aromatic rings. The number of hydrogen-bond acceptors (Lipinski definition) is 3. The lowest BCUT2D eigenvalue weighted by Gasteiger charge is -2.23. The summed E-state index contributed by atoms with van der Waals surface area (Å²) in [6.45, 7) is 3.96. The van der Waals surface area contributed by atoms with Gasteiger partial charge in [0.2, 0.25) is 10.0 Å². The smallest absolute Gasteiger partial charge is 0.246 e. The number of halogens is 1. The van der Waals surface area contributed by atoms with Gasteiger partial charge in [0.25, 0.3) is 0 Å². The minimum absolute atomic E-state index is 0.233. The minimum Gasteiger partial charge on any atom is -0.313 e. The first-order chi connectivity index (χ1) is 9.55. The molecule has 4 nitrogen and oxygen atoms in total. The van der Waals surface area contributed by atoms with Gasteiger partial charge >= 0.3 is 0 Å². The summed E-state index contributed by atoms with van der Waals surface area (Å²) in [6.07, 6.45) is 4.39. The molecule has 0 bridgehead atoms. The molecule has 1 aromatic carbocycles. The zero-order valence-corrected chi connectivity index (χ0v) is 12.3. The Bertz CT molecular complexity index is 599. The van der Waals surface area contributed by atoms with Crippen molar-refractivity contribution in [1.82, 2.24) is 9.62 Å². The molecule has 0 atom stereocenters. The molecule has 0 spiro atoms. The lowest BCUT2D eigenvalue weighted by molar-refractivity contribution is 0.432. The van der Waals surface area contributed by atoms with Crippen LogP contribution in [0.15, 0.2) is 35.2 Å². The van der Waals surface area contributed by atoms with Crippen molar-refractivity contribution in [3.8, 4) is 0 Å². The molecule has 6 heteroatoms. The summed E-state index contributed by atoms with van der Waals surface area (Å²) in [6, 6.07) is 4.25. The van der Waals surface area contributed by atoms with Crippen molar-refractivity contribution < 1.29 is 12.8 Å². The summed E-state index contributed by atoms with van der Waals surface area (Å²) < 4.78 is 40.1. The molecule has 0 amide bonds. The van der Waals surface area contributed by atoms with Gasteiger partial charge in [-0.2, -0.15) is 4.31 Å². The first kappa shape index (κ1) is 15.2. The molecule has 0 saturated heterocycles. The number of hydrogen-bond donors (Lipinski definition) is 1. The molecule has 0 aliphatic carbocycles. The van der Waals surface area contributed by atoms with Crippen LogP contribution in [0.4, 0.5) is 4.39 Å².